The zero-order chi connectivity index (χ0) is 14.4. The summed E-state index contributed by atoms with van der Waals surface area (Å²) in [6, 6.07) is 3.92. The molecular weight excluding hydrogens is 250 g/mol. The van der Waals surface area contributed by atoms with Gasteiger partial charge in [-0.1, -0.05) is 6.42 Å². The van der Waals surface area contributed by atoms with Crippen molar-refractivity contribution < 1.29 is 4.74 Å². The molecule has 110 valence electrons. The monoisotopic (exact) mass is 275 g/mol. The second-order valence-corrected chi connectivity index (χ2v) is 5.45. The molecule has 4 heteroatoms. The Kier molecular flexibility index (Phi) is 5.39. The lowest BCUT2D eigenvalue weighted by Gasteiger charge is -2.22. The topological polar surface area (TPSA) is 37.7 Å². The van der Waals surface area contributed by atoms with Gasteiger partial charge in [-0.15, -0.1) is 0 Å². The first-order valence-electron chi connectivity index (χ1n) is 7.57. The Hall–Kier alpha value is -1.58. The molecule has 1 saturated carbocycles. The summed E-state index contributed by atoms with van der Waals surface area (Å²) in [6.07, 6.45) is 8.38. The molecule has 2 rings (SSSR count). The highest BCUT2D eigenvalue weighted by molar-refractivity contribution is 5.62. The van der Waals surface area contributed by atoms with Crippen LogP contribution < -0.4 is 4.74 Å². The van der Waals surface area contributed by atoms with E-state index in [1.165, 1.54) is 19.3 Å². The maximum Gasteiger partial charge on any atom is 0.213 e. The SMILES string of the molecule is CCN(C)/C=N/c1ccc(OC2CCCCC2)nc1C. The van der Waals surface area contributed by atoms with Gasteiger partial charge in [-0.25, -0.2) is 9.98 Å². The molecule has 20 heavy (non-hydrogen) atoms. The third-order valence-corrected chi connectivity index (χ3v) is 3.76. The van der Waals surface area contributed by atoms with Crippen molar-refractivity contribution in [1.82, 2.24) is 9.88 Å². The maximum absolute atomic E-state index is 5.96. The fourth-order valence-corrected chi connectivity index (χ4v) is 2.33. The van der Waals surface area contributed by atoms with Crippen LogP contribution >= 0.6 is 0 Å². The van der Waals surface area contributed by atoms with Crippen LogP contribution in [0.5, 0.6) is 5.88 Å². The minimum absolute atomic E-state index is 0.344. The Labute approximate surface area is 121 Å². The summed E-state index contributed by atoms with van der Waals surface area (Å²) in [7, 11) is 2.01. The smallest absolute Gasteiger partial charge is 0.213 e. The zero-order valence-corrected chi connectivity index (χ0v) is 12.8. The van der Waals surface area contributed by atoms with Crippen molar-refractivity contribution in [2.45, 2.75) is 52.1 Å². The molecule has 0 radical (unpaired) electrons. The molecule has 0 saturated heterocycles. The van der Waals surface area contributed by atoms with E-state index in [4.69, 9.17) is 4.74 Å². The summed E-state index contributed by atoms with van der Waals surface area (Å²) in [5.41, 5.74) is 1.82. The van der Waals surface area contributed by atoms with Crippen molar-refractivity contribution >= 4 is 12.0 Å². The predicted octanol–water partition coefficient (Wildman–Crippen LogP) is 3.71. The number of ether oxygens (including phenoxy) is 1. The lowest BCUT2D eigenvalue weighted by Crippen LogP contribution is -2.20. The van der Waals surface area contributed by atoms with E-state index in [-0.39, 0.29) is 0 Å². The molecular formula is C16H25N3O. The average Bonchev–Trinajstić information content (AvgIpc) is 2.47. The molecule has 0 spiro atoms. The summed E-state index contributed by atoms with van der Waals surface area (Å²) in [5.74, 6) is 0.734. The second kappa shape index (κ2) is 7.27. The first kappa shape index (κ1) is 14.8. The van der Waals surface area contributed by atoms with Gasteiger partial charge in [-0.05, 0) is 45.6 Å². The van der Waals surface area contributed by atoms with Crippen LogP contribution in [0.25, 0.3) is 0 Å². The summed E-state index contributed by atoms with van der Waals surface area (Å²) in [4.78, 5) is 11.0. The van der Waals surface area contributed by atoms with Crippen molar-refractivity contribution in [1.29, 1.82) is 0 Å². The molecule has 1 aromatic rings. The van der Waals surface area contributed by atoms with E-state index in [1.54, 1.807) is 0 Å². The molecule has 4 nitrogen and oxygen atoms in total. The van der Waals surface area contributed by atoms with E-state index in [0.29, 0.717) is 6.10 Å². The summed E-state index contributed by atoms with van der Waals surface area (Å²) >= 11 is 0. The largest absolute Gasteiger partial charge is 0.474 e. The van der Waals surface area contributed by atoms with Crippen LogP contribution in [-0.4, -0.2) is 35.9 Å². The molecule has 1 aliphatic rings. The van der Waals surface area contributed by atoms with Crippen molar-refractivity contribution in [2.24, 2.45) is 4.99 Å². The molecule has 0 bridgehead atoms. The number of aromatic nitrogens is 1. The van der Waals surface area contributed by atoms with Crippen LogP contribution in [0, 0.1) is 6.92 Å². The molecule has 0 atom stereocenters. The van der Waals surface area contributed by atoms with E-state index in [9.17, 15) is 0 Å². The average molecular weight is 275 g/mol. The van der Waals surface area contributed by atoms with Crippen molar-refractivity contribution in [3.8, 4) is 5.88 Å². The van der Waals surface area contributed by atoms with E-state index in [0.717, 1.165) is 36.6 Å². The first-order chi connectivity index (χ1) is 9.69. The molecule has 0 N–H and O–H groups in total. The highest BCUT2D eigenvalue weighted by Gasteiger charge is 2.15. The minimum Gasteiger partial charge on any atom is -0.474 e. The van der Waals surface area contributed by atoms with Gasteiger partial charge in [0.05, 0.1) is 17.7 Å². The highest BCUT2D eigenvalue weighted by atomic mass is 16.5. The van der Waals surface area contributed by atoms with Gasteiger partial charge in [0.1, 0.15) is 6.10 Å². The van der Waals surface area contributed by atoms with Crippen molar-refractivity contribution in [3.63, 3.8) is 0 Å². The van der Waals surface area contributed by atoms with Gasteiger partial charge in [0.2, 0.25) is 5.88 Å². The van der Waals surface area contributed by atoms with E-state index in [1.807, 2.05) is 37.3 Å². The number of aryl methyl sites for hydroxylation is 1. The van der Waals surface area contributed by atoms with Gasteiger partial charge in [0, 0.05) is 19.7 Å². The number of hydrogen-bond acceptors (Lipinski definition) is 3. The van der Waals surface area contributed by atoms with E-state index < -0.39 is 0 Å². The molecule has 1 aliphatic carbocycles. The second-order valence-electron chi connectivity index (χ2n) is 5.45. The highest BCUT2D eigenvalue weighted by Crippen LogP contribution is 2.25. The zero-order valence-electron chi connectivity index (χ0n) is 12.8. The van der Waals surface area contributed by atoms with Crippen LogP contribution in [0.4, 0.5) is 5.69 Å². The van der Waals surface area contributed by atoms with Gasteiger partial charge in [-0.2, -0.15) is 0 Å². The summed E-state index contributed by atoms with van der Waals surface area (Å²) in [5, 5.41) is 0. The normalized spacial score (nSPS) is 16.6. The Bertz CT molecular complexity index is 453. The quantitative estimate of drug-likeness (QED) is 0.607. The van der Waals surface area contributed by atoms with Crippen LogP contribution in [0.3, 0.4) is 0 Å². The molecule has 0 amide bonds. The summed E-state index contributed by atoms with van der Waals surface area (Å²) in [6.45, 7) is 5.02. The molecule has 0 aromatic carbocycles. The molecule has 0 aliphatic heterocycles. The van der Waals surface area contributed by atoms with Gasteiger partial charge in [-0.3, -0.25) is 0 Å². The van der Waals surface area contributed by atoms with Crippen LogP contribution in [0.1, 0.15) is 44.7 Å². The third kappa shape index (κ3) is 4.22. The van der Waals surface area contributed by atoms with Gasteiger partial charge < -0.3 is 9.64 Å². The van der Waals surface area contributed by atoms with Gasteiger partial charge >= 0.3 is 0 Å². The van der Waals surface area contributed by atoms with E-state index in [2.05, 4.69) is 16.9 Å². The Morgan fingerprint density at radius 1 is 1.35 bits per heavy atom. The molecule has 1 fully saturated rings. The Morgan fingerprint density at radius 2 is 2.10 bits per heavy atom. The number of rotatable bonds is 5. The van der Waals surface area contributed by atoms with Crippen LogP contribution in [0.2, 0.25) is 0 Å². The first-order valence-corrected chi connectivity index (χ1v) is 7.57. The number of aliphatic imine (C=N–C) groups is 1. The Balaban J connectivity index is 1.99. The van der Waals surface area contributed by atoms with Gasteiger partial charge in [0.25, 0.3) is 0 Å². The van der Waals surface area contributed by atoms with Gasteiger partial charge in [0.15, 0.2) is 0 Å². The predicted molar refractivity (Wildman–Crippen MR) is 82.9 cm³/mol. The minimum atomic E-state index is 0.344. The molecule has 0 unspecified atom stereocenters. The maximum atomic E-state index is 5.96. The van der Waals surface area contributed by atoms with Crippen LogP contribution in [-0.2, 0) is 0 Å². The number of pyridine rings is 1. The molecule has 1 aromatic heterocycles. The number of hydrogen-bond donors (Lipinski definition) is 0. The Morgan fingerprint density at radius 3 is 2.75 bits per heavy atom. The summed E-state index contributed by atoms with van der Waals surface area (Å²) < 4.78 is 5.96. The van der Waals surface area contributed by atoms with E-state index >= 15 is 0 Å². The van der Waals surface area contributed by atoms with Crippen LogP contribution in [0.15, 0.2) is 17.1 Å². The lowest BCUT2D eigenvalue weighted by molar-refractivity contribution is 0.148. The fourth-order valence-electron chi connectivity index (χ4n) is 2.33. The van der Waals surface area contributed by atoms with Crippen molar-refractivity contribution in [2.75, 3.05) is 13.6 Å². The lowest BCUT2D eigenvalue weighted by atomic mass is 9.98. The molecule has 1 heterocycles. The fraction of sp³-hybridized carbons (Fsp3) is 0.625. The standard InChI is InChI=1S/C16H25N3O/c1-4-19(3)12-17-15-10-11-16(18-13(15)2)20-14-8-6-5-7-9-14/h10-12,14H,4-9H2,1-3H3/b17-12+. The van der Waals surface area contributed by atoms with Crippen molar-refractivity contribution in [3.05, 3.63) is 17.8 Å². The number of nitrogens with zero attached hydrogens (tertiary/aromatic N) is 3. The third-order valence-electron chi connectivity index (χ3n) is 3.76.